The minimum absolute atomic E-state index is 0.252. The van der Waals surface area contributed by atoms with Crippen molar-refractivity contribution in [3.8, 4) is 11.5 Å². The molecule has 16 heavy (non-hydrogen) atoms. The highest BCUT2D eigenvalue weighted by molar-refractivity contribution is 6.32. The van der Waals surface area contributed by atoms with Crippen LogP contribution in [0.3, 0.4) is 0 Å². The summed E-state index contributed by atoms with van der Waals surface area (Å²) in [5, 5.41) is 0.611. The van der Waals surface area contributed by atoms with Crippen LogP contribution in [0.2, 0.25) is 5.02 Å². The SMILES string of the molecule is CCc1c(C(C)CN)cc(Cl)c2c1OCO2. The average Bonchev–Trinajstić information content (AvgIpc) is 2.77. The van der Waals surface area contributed by atoms with Gasteiger partial charge >= 0.3 is 0 Å². The smallest absolute Gasteiger partial charge is 0.231 e. The summed E-state index contributed by atoms with van der Waals surface area (Å²) in [6, 6.07) is 1.95. The second-order valence-electron chi connectivity index (χ2n) is 3.98. The van der Waals surface area contributed by atoms with Gasteiger partial charge < -0.3 is 15.2 Å². The van der Waals surface area contributed by atoms with E-state index in [2.05, 4.69) is 13.8 Å². The zero-order chi connectivity index (χ0) is 11.7. The molecule has 0 fully saturated rings. The van der Waals surface area contributed by atoms with Crippen molar-refractivity contribution in [2.45, 2.75) is 26.2 Å². The molecule has 3 nitrogen and oxygen atoms in total. The molecular weight excluding hydrogens is 226 g/mol. The number of nitrogens with two attached hydrogens (primary N) is 1. The number of benzene rings is 1. The molecule has 1 aromatic rings. The summed E-state index contributed by atoms with van der Waals surface area (Å²) in [4.78, 5) is 0. The number of ether oxygens (including phenoxy) is 2. The third kappa shape index (κ3) is 1.74. The molecule has 2 N–H and O–H groups in total. The van der Waals surface area contributed by atoms with Crippen molar-refractivity contribution in [1.82, 2.24) is 0 Å². The minimum Gasteiger partial charge on any atom is -0.453 e. The summed E-state index contributed by atoms with van der Waals surface area (Å²) in [6.07, 6.45) is 0.891. The molecule has 0 saturated carbocycles. The van der Waals surface area contributed by atoms with Gasteiger partial charge in [0, 0.05) is 5.56 Å². The summed E-state index contributed by atoms with van der Waals surface area (Å²) in [6.45, 7) is 5.04. The molecule has 0 saturated heterocycles. The Morgan fingerprint density at radius 2 is 2.12 bits per heavy atom. The summed E-state index contributed by atoms with van der Waals surface area (Å²) in [5.41, 5.74) is 8.04. The molecule has 0 bridgehead atoms. The molecule has 1 unspecified atom stereocenters. The fraction of sp³-hybridized carbons (Fsp3) is 0.500. The number of fused-ring (bicyclic) bond motifs is 1. The maximum absolute atomic E-state index is 6.16. The highest BCUT2D eigenvalue weighted by Crippen LogP contribution is 2.45. The minimum atomic E-state index is 0.252. The number of hydrogen-bond donors (Lipinski definition) is 1. The lowest BCUT2D eigenvalue weighted by Gasteiger charge is -2.16. The molecule has 0 spiro atoms. The van der Waals surface area contributed by atoms with E-state index >= 15 is 0 Å². The van der Waals surface area contributed by atoms with Crippen LogP contribution < -0.4 is 15.2 Å². The van der Waals surface area contributed by atoms with E-state index < -0.39 is 0 Å². The molecule has 0 aromatic heterocycles. The first kappa shape index (κ1) is 11.6. The lowest BCUT2D eigenvalue weighted by molar-refractivity contribution is 0.173. The summed E-state index contributed by atoms with van der Waals surface area (Å²) < 4.78 is 10.8. The van der Waals surface area contributed by atoms with E-state index in [4.69, 9.17) is 26.8 Å². The topological polar surface area (TPSA) is 44.5 Å². The summed E-state index contributed by atoms with van der Waals surface area (Å²) in [7, 11) is 0. The first-order valence-corrected chi connectivity index (χ1v) is 5.87. The lowest BCUT2D eigenvalue weighted by atomic mass is 9.93. The van der Waals surface area contributed by atoms with Crippen molar-refractivity contribution in [3.05, 3.63) is 22.2 Å². The van der Waals surface area contributed by atoms with Crippen molar-refractivity contribution in [1.29, 1.82) is 0 Å². The highest BCUT2D eigenvalue weighted by atomic mass is 35.5. The van der Waals surface area contributed by atoms with E-state index in [1.54, 1.807) is 0 Å². The molecule has 1 atom stereocenters. The Hall–Kier alpha value is -0.930. The maximum Gasteiger partial charge on any atom is 0.231 e. The molecule has 2 rings (SSSR count). The fourth-order valence-electron chi connectivity index (χ4n) is 2.03. The number of rotatable bonds is 3. The van der Waals surface area contributed by atoms with Gasteiger partial charge in [-0.2, -0.15) is 0 Å². The van der Waals surface area contributed by atoms with Crippen LogP contribution in [0.15, 0.2) is 6.07 Å². The molecule has 1 heterocycles. The van der Waals surface area contributed by atoms with Gasteiger partial charge in [0.1, 0.15) is 0 Å². The summed E-state index contributed by atoms with van der Waals surface area (Å²) in [5.74, 6) is 1.75. The molecule has 4 heteroatoms. The largest absolute Gasteiger partial charge is 0.453 e. The maximum atomic E-state index is 6.16. The van der Waals surface area contributed by atoms with Crippen molar-refractivity contribution >= 4 is 11.6 Å². The highest BCUT2D eigenvalue weighted by Gasteiger charge is 2.25. The van der Waals surface area contributed by atoms with Crippen LogP contribution in [-0.4, -0.2) is 13.3 Å². The number of hydrogen-bond acceptors (Lipinski definition) is 3. The van der Waals surface area contributed by atoms with Gasteiger partial charge in [-0.05, 0) is 30.5 Å². The third-order valence-electron chi connectivity index (χ3n) is 2.97. The van der Waals surface area contributed by atoms with Gasteiger partial charge in [-0.3, -0.25) is 0 Å². The Morgan fingerprint density at radius 3 is 2.75 bits per heavy atom. The molecular formula is C12H16ClNO2. The first-order chi connectivity index (χ1) is 7.69. The Labute approximate surface area is 100 Å². The quantitative estimate of drug-likeness (QED) is 0.885. The standard InChI is InChI=1S/C12H16ClNO2/c1-3-8-9(7(2)5-14)4-10(13)12-11(8)15-6-16-12/h4,7H,3,5-6,14H2,1-2H3. The fourth-order valence-corrected chi connectivity index (χ4v) is 2.29. The van der Waals surface area contributed by atoms with Gasteiger partial charge in [0.15, 0.2) is 11.5 Å². The van der Waals surface area contributed by atoms with Gasteiger partial charge in [-0.1, -0.05) is 25.4 Å². The van der Waals surface area contributed by atoms with Gasteiger partial charge in [-0.15, -0.1) is 0 Å². The Morgan fingerprint density at radius 1 is 1.44 bits per heavy atom. The van der Waals surface area contributed by atoms with Crippen molar-refractivity contribution < 1.29 is 9.47 Å². The Bertz CT molecular complexity index is 406. The monoisotopic (exact) mass is 241 g/mol. The van der Waals surface area contributed by atoms with E-state index in [9.17, 15) is 0 Å². The molecule has 1 aromatic carbocycles. The van der Waals surface area contributed by atoms with Gasteiger partial charge in [0.05, 0.1) is 5.02 Å². The second-order valence-corrected chi connectivity index (χ2v) is 4.39. The molecule has 0 amide bonds. The van der Waals surface area contributed by atoms with Crippen LogP contribution in [0, 0.1) is 0 Å². The molecule has 0 aliphatic carbocycles. The molecule has 88 valence electrons. The van der Waals surface area contributed by atoms with Crippen LogP contribution in [0.4, 0.5) is 0 Å². The second kappa shape index (κ2) is 4.52. The summed E-state index contributed by atoms with van der Waals surface area (Å²) >= 11 is 6.16. The van der Waals surface area contributed by atoms with Crippen LogP contribution in [0.1, 0.15) is 30.9 Å². The zero-order valence-electron chi connectivity index (χ0n) is 9.55. The molecule has 0 radical (unpaired) electrons. The zero-order valence-corrected chi connectivity index (χ0v) is 10.3. The van der Waals surface area contributed by atoms with E-state index in [1.165, 1.54) is 5.56 Å². The molecule has 1 aliphatic rings. The molecule has 1 aliphatic heterocycles. The van der Waals surface area contributed by atoms with Crippen molar-refractivity contribution in [2.75, 3.05) is 13.3 Å². The Kier molecular flexibility index (Phi) is 3.26. The van der Waals surface area contributed by atoms with Crippen LogP contribution in [-0.2, 0) is 6.42 Å². The van der Waals surface area contributed by atoms with E-state index in [-0.39, 0.29) is 12.7 Å². The normalized spacial score (nSPS) is 15.2. The van der Waals surface area contributed by atoms with Crippen molar-refractivity contribution in [3.63, 3.8) is 0 Å². The van der Waals surface area contributed by atoms with Gasteiger partial charge in [0.2, 0.25) is 6.79 Å². The van der Waals surface area contributed by atoms with E-state index in [0.29, 0.717) is 17.3 Å². The van der Waals surface area contributed by atoms with Crippen molar-refractivity contribution in [2.24, 2.45) is 5.73 Å². The average molecular weight is 242 g/mol. The van der Waals surface area contributed by atoms with Crippen LogP contribution in [0.5, 0.6) is 11.5 Å². The van der Waals surface area contributed by atoms with Crippen LogP contribution >= 0.6 is 11.6 Å². The van der Waals surface area contributed by atoms with E-state index in [0.717, 1.165) is 17.7 Å². The van der Waals surface area contributed by atoms with E-state index in [1.807, 2.05) is 6.07 Å². The predicted molar refractivity (Wildman–Crippen MR) is 64.4 cm³/mol. The predicted octanol–water partition coefficient (Wildman–Crippen LogP) is 2.69. The van der Waals surface area contributed by atoms with Gasteiger partial charge in [-0.25, -0.2) is 0 Å². The van der Waals surface area contributed by atoms with Crippen LogP contribution in [0.25, 0.3) is 0 Å². The first-order valence-electron chi connectivity index (χ1n) is 5.50. The number of halogens is 1. The lowest BCUT2D eigenvalue weighted by Crippen LogP contribution is -2.11. The third-order valence-corrected chi connectivity index (χ3v) is 3.25. The Balaban J connectivity index is 2.57. The van der Waals surface area contributed by atoms with Gasteiger partial charge in [0.25, 0.3) is 0 Å².